The second-order valence-corrected chi connectivity index (χ2v) is 8.14. The Morgan fingerprint density at radius 3 is 2.60 bits per heavy atom. The van der Waals surface area contributed by atoms with Crippen LogP contribution in [0.5, 0.6) is 0 Å². The van der Waals surface area contributed by atoms with Gasteiger partial charge < -0.3 is 5.11 Å². The SMILES string of the molecule is O=C(O)[C@H](NS(=O)(=O)Cc1ccc2scc(F)c2c1)c1ccccc1. The first-order chi connectivity index (χ1) is 11.9. The van der Waals surface area contributed by atoms with E-state index in [1.54, 1.807) is 30.3 Å². The number of rotatable bonds is 6. The van der Waals surface area contributed by atoms with Crippen molar-refractivity contribution < 1.29 is 22.7 Å². The van der Waals surface area contributed by atoms with Gasteiger partial charge in [0.15, 0.2) is 0 Å². The predicted molar refractivity (Wildman–Crippen MR) is 94.4 cm³/mol. The number of carboxylic acid groups (broad SMARTS) is 1. The Morgan fingerprint density at radius 1 is 1.20 bits per heavy atom. The summed E-state index contributed by atoms with van der Waals surface area (Å²) in [5.74, 6) is -2.14. The van der Waals surface area contributed by atoms with Gasteiger partial charge in [0, 0.05) is 15.5 Å². The van der Waals surface area contributed by atoms with Gasteiger partial charge in [-0.1, -0.05) is 36.4 Å². The lowest BCUT2D eigenvalue weighted by Gasteiger charge is -2.15. The van der Waals surface area contributed by atoms with E-state index in [0.717, 1.165) is 4.70 Å². The summed E-state index contributed by atoms with van der Waals surface area (Å²) in [5.41, 5.74) is 0.715. The summed E-state index contributed by atoms with van der Waals surface area (Å²) >= 11 is 1.23. The van der Waals surface area contributed by atoms with Crippen LogP contribution in [0.1, 0.15) is 17.2 Å². The van der Waals surface area contributed by atoms with Crippen LogP contribution in [-0.2, 0) is 20.6 Å². The lowest BCUT2D eigenvalue weighted by atomic mass is 10.1. The smallest absolute Gasteiger partial charge is 0.326 e. The molecule has 0 unspecified atom stereocenters. The molecule has 0 radical (unpaired) electrons. The molecule has 0 spiro atoms. The normalized spacial score (nSPS) is 13.0. The van der Waals surface area contributed by atoms with E-state index >= 15 is 0 Å². The average Bonchev–Trinajstić information content (AvgIpc) is 2.94. The first-order valence-corrected chi connectivity index (χ1v) is 9.82. The maximum absolute atomic E-state index is 13.7. The Bertz CT molecular complexity index is 1020. The Kier molecular flexibility index (Phi) is 4.85. The van der Waals surface area contributed by atoms with Crippen molar-refractivity contribution in [2.24, 2.45) is 0 Å². The second kappa shape index (κ2) is 6.91. The molecule has 0 aliphatic carbocycles. The predicted octanol–water partition coefficient (Wildman–Crippen LogP) is 3.29. The summed E-state index contributed by atoms with van der Waals surface area (Å²) in [7, 11) is -3.94. The van der Waals surface area contributed by atoms with Gasteiger partial charge in [0.25, 0.3) is 0 Å². The highest BCUT2D eigenvalue weighted by molar-refractivity contribution is 7.88. The summed E-state index contributed by atoms with van der Waals surface area (Å²) < 4.78 is 41.3. The molecule has 3 rings (SSSR count). The highest BCUT2D eigenvalue weighted by Gasteiger charge is 2.25. The van der Waals surface area contributed by atoms with Gasteiger partial charge in [0.05, 0.1) is 5.75 Å². The quantitative estimate of drug-likeness (QED) is 0.688. The summed E-state index contributed by atoms with van der Waals surface area (Å²) in [5, 5.41) is 11.0. The van der Waals surface area contributed by atoms with Crippen LogP contribution in [0.2, 0.25) is 0 Å². The number of benzene rings is 2. The largest absolute Gasteiger partial charge is 0.480 e. The zero-order valence-corrected chi connectivity index (χ0v) is 14.5. The van der Waals surface area contributed by atoms with Gasteiger partial charge in [-0.05, 0) is 23.3 Å². The number of halogens is 1. The van der Waals surface area contributed by atoms with Crippen LogP contribution < -0.4 is 4.72 Å². The molecule has 0 saturated heterocycles. The summed E-state index contributed by atoms with van der Waals surface area (Å²) in [6, 6.07) is 11.4. The summed E-state index contributed by atoms with van der Waals surface area (Å²) in [4.78, 5) is 11.4. The second-order valence-electron chi connectivity index (χ2n) is 5.47. The first kappa shape index (κ1) is 17.5. The van der Waals surface area contributed by atoms with Crippen molar-refractivity contribution in [3.05, 3.63) is 70.9 Å². The lowest BCUT2D eigenvalue weighted by molar-refractivity contribution is -0.139. The molecule has 0 saturated carbocycles. The highest BCUT2D eigenvalue weighted by atomic mass is 32.2. The fraction of sp³-hybridized carbons (Fsp3) is 0.118. The van der Waals surface area contributed by atoms with Gasteiger partial charge in [0.2, 0.25) is 10.0 Å². The molecular formula is C17H14FNO4S2. The molecule has 8 heteroatoms. The third kappa shape index (κ3) is 4.04. The molecule has 5 nitrogen and oxygen atoms in total. The van der Waals surface area contributed by atoms with Crippen molar-refractivity contribution in [1.82, 2.24) is 4.72 Å². The van der Waals surface area contributed by atoms with Crippen molar-refractivity contribution in [2.75, 3.05) is 0 Å². The zero-order valence-electron chi connectivity index (χ0n) is 12.8. The van der Waals surface area contributed by atoms with Crippen molar-refractivity contribution in [1.29, 1.82) is 0 Å². The molecular weight excluding hydrogens is 365 g/mol. The van der Waals surface area contributed by atoms with E-state index < -0.39 is 33.6 Å². The van der Waals surface area contributed by atoms with Crippen LogP contribution in [0.3, 0.4) is 0 Å². The number of hydrogen-bond acceptors (Lipinski definition) is 4. The van der Waals surface area contributed by atoms with E-state index in [1.807, 2.05) is 0 Å². The van der Waals surface area contributed by atoms with E-state index in [9.17, 15) is 22.7 Å². The topological polar surface area (TPSA) is 83.5 Å². The number of hydrogen-bond donors (Lipinski definition) is 2. The third-order valence-electron chi connectivity index (χ3n) is 3.62. The summed E-state index contributed by atoms with van der Waals surface area (Å²) in [6.45, 7) is 0. The van der Waals surface area contributed by atoms with Crippen molar-refractivity contribution in [3.8, 4) is 0 Å². The Morgan fingerprint density at radius 2 is 1.92 bits per heavy atom. The zero-order chi connectivity index (χ0) is 18.0. The van der Waals surface area contributed by atoms with Crippen molar-refractivity contribution in [2.45, 2.75) is 11.8 Å². The Labute approximate surface area is 147 Å². The van der Waals surface area contributed by atoms with Gasteiger partial charge in [0.1, 0.15) is 11.9 Å². The molecule has 130 valence electrons. The molecule has 2 aromatic carbocycles. The van der Waals surface area contributed by atoms with Crippen LogP contribution in [0.4, 0.5) is 4.39 Å². The van der Waals surface area contributed by atoms with Crippen LogP contribution in [0, 0.1) is 5.82 Å². The van der Waals surface area contributed by atoms with Crippen molar-refractivity contribution in [3.63, 3.8) is 0 Å². The lowest BCUT2D eigenvalue weighted by Crippen LogP contribution is -2.34. The molecule has 1 atom stereocenters. The molecule has 1 aromatic heterocycles. The average molecular weight is 379 g/mol. The van der Waals surface area contributed by atoms with Gasteiger partial charge in [-0.3, -0.25) is 4.79 Å². The number of sulfonamides is 1. The molecule has 0 fully saturated rings. The number of carboxylic acids is 1. The molecule has 0 amide bonds. The summed E-state index contributed by atoms with van der Waals surface area (Å²) in [6.07, 6.45) is 0. The van der Waals surface area contributed by atoms with E-state index in [2.05, 4.69) is 4.72 Å². The first-order valence-electron chi connectivity index (χ1n) is 7.29. The van der Waals surface area contributed by atoms with Crippen LogP contribution in [-0.4, -0.2) is 19.5 Å². The van der Waals surface area contributed by atoms with E-state index in [-0.39, 0.29) is 0 Å². The maximum Gasteiger partial charge on any atom is 0.326 e. The molecule has 0 aliphatic rings. The Hall–Kier alpha value is -2.29. The third-order valence-corrected chi connectivity index (χ3v) is 5.87. The molecule has 2 N–H and O–H groups in total. The van der Waals surface area contributed by atoms with Gasteiger partial charge in [-0.15, -0.1) is 11.3 Å². The molecule has 0 bridgehead atoms. The van der Waals surface area contributed by atoms with Gasteiger partial charge >= 0.3 is 5.97 Å². The minimum Gasteiger partial charge on any atom is -0.480 e. The van der Waals surface area contributed by atoms with Gasteiger partial charge in [-0.25, -0.2) is 12.8 Å². The fourth-order valence-electron chi connectivity index (χ4n) is 2.48. The van der Waals surface area contributed by atoms with E-state index in [1.165, 1.54) is 34.9 Å². The number of fused-ring (bicyclic) bond motifs is 1. The maximum atomic E-state index is 13.7. The standard InChI is InChI=1S/C17H14FNO4S2/c18-14-9-24-15-7-6-11(8-13(14)15)10-25(22,23)19-16(17(20)21)12-4-2-1-3-5-12/h1-9,16,19H,10H2,(H,20,21)/t16-/m1/s1. The molecule has 0 aliphatic heterocycles. The Balaban J connectivity index is 1.84. The molecule has 1 heterocycles. The molecule has 25 heavy (non-hydrogen) atoms. The van der Waals surface area contributed by atoms with Gasteiger partial charge in [-0.2, -0.15) is 4.72 Å². The van der Waals surface area contributed by atoms with Crippen LogP contribution >= 0.6 is 11.3 Å². The minimum absolute atomic E-state index is 0.331. The van der Waals surface area contributed by atoms with E-state index in [4.69, 9.17) is 0 Å². The van der Waals surface area contributed by atoms with Crippen molar-refractivity contribution >= 4 is 37.4 Å². The fourth-order valence-corrected chi connectivity index (χ4v) is 4.57. The number of nitrogens with one attached hydrogen (secondary N) is 1. The highest BCUT2D eigenvalue weighted by Crippen LogP contribution is 2.26. The molecule has 3 aromatic rings. The monoisotopic (exact) mass is 379 g/mol. The van der Waals surface area contributed by atoms with E-state index in [0.29, 0.717) is 16.5 Å². The van der Waals surface area contributed by atoms with Crippen LogP contribution in [0.25, 0.3) is 10.1 Å². The number of thiophene rings is 1. The minimum atomic E-state index is -3.94. The van der Waals surface area contributed by atoms with Crippen LogP contribution in [0.15, 0.2) is 53.9 Å². The number of aliphatic carboxylic acids is 1. The number of carbonyl (C=O) groups is 1.